The van der Waals surface area contributed by atoms with Crippen LogP contribution in [0.15, 0.2) is 16.7 Å². The number of halogens is 1. The van der Waals surface area contributed by atoms with Crippen molar-refractivity contribution < 1.29 is 18.7 Å². The number of rotatable bonds is 4. The van der Waals surface area contributed by atoms with E-state index in [9.17, 15) is 9.59 Å². The number of hydrogen-bond acceptors (Lipinski definition) is 4. The number of furan rings is 1. The van der Waals surface area contributed by atoms with Crippen molar-refractivity contribution in [1.29, 1.82) is 0 Å². The first kappa shape index (κ1) is 12.6. The topological polar surface area (TPSA) is 68.5 Å². The van der Waals surface area contributed by atoms with E-state index in [0.29, 0.717) is 11.3 Å². The Kier molecular flexibility index (Phi) is 4.37. The number of ether oxygens (including phenoxy) is 1. The molecule has 88 valence electrons. The molecule has 16 heavy (non-hydrogen) atoms. The molecular formula is C10H12ClNO4. The highest BCUT2D eigenvalue weighted by Crippen LogP contribution is 2.06. The number of nitrogens with one attached hydrogen (secondary N) is 1. The number of carbonyl (C=O) groups excluding carboxylic acids is 2. The van der Waals surface area contributed by atoms with Gasteiger partial charge in [-0.25, -0.2) is 0 Å². The fraction of sp³-hybridized carbons (Fsp3) is 0.400. The van der Waals surface area contributed by atoms with Crippen LogP contribution in [0.4, 0.5) is 0 Å². The minimum Gasteiger partial charge on any atom is -0.469 e. The molecule has 1 rings (SSSR count). The lowest BCUT2D eigenvalue weighted by Crippen LogP contribution is -2.34. The van der Waals surface area contributed by atoms with Crippen molar-refractivity contribution in [3.05, 3.63) is 23.7 Å². The molecule has 0 bridgehead atoms. The Morgan fingerprint density at radius 2 is 2.31 bits per heavy atom. The number of alkyl halides is 1. The molecule has 0 aromatic carbocycles. The molecule has 0 aliphatic rings. The summed E-state index contributed by atoms with van der Waals surface area (Å²) in [5.74, 6) is -0.280. The van der Waals surface area contributed by atoms with E-state index in [1.807, 2.05) is 0 Å². The van der Waals surface area contributed by atoms with Crippen LogP contribution in [-0.2, 0) is 9.53 Å². The molecule has 1 aromatic heterocycles. The molecule has 0 saturated heterocycles. The van der Waals surface area contributed by atoms with E-state index in [-0.39, 0.29) is 12.5 Å². The first-order valence-corrected chi connectivity index (χ1v) is 5.03. The van der Waals surface area contributed by atoms with Crippen molar-refractivity contribution in [1.82, 2.24) is 5.32 Å². The van der Waals surface area contributed by atoms with E-state index in [1.165, 1.54) is 13.4 Å². The van der Waals surface area contributed by atoms with Gasteiger partial charge in [0, 0.05) is 6.54 Å². The maximum Gasteiger partial charge on any atom is 0.325 e. The highest BCUT2D eigenvalue weighted by atomic mass is 35.5. The number of hydrogen-bond donors (Lipinski definition) is 1. The summed E-state index contributed by atoms with van der Waals surface area (Å²) in [6.07, 6.45) is 1.34. The van der Waals surface area contributed by atoms with Crippen LogP contribution >= 0.6 is 11.6 Å². The fourth-order valence-corrected chi connectivity index (χ4v) is 1.22. The summed E-state index contributed by atoms with van der Waals surface area (Å²) in [4.78, 5) is 22.4. The average molecular weight is 246 g/mol. The zero-order chi connectivity index (χ0) is 12.1. The smallest absolute Gasteiger partial charge is 0.325 e. The summed E-state index contributed by atoms with van der Waals surface area (Å²) in [7, 11) is 1.24. The molecule has 6 heteroatoms. The van der Waals surface area contributed by atoms with Crippen LogP contribution in [0, 0.1) is 6.92 Å². The summed E-state index contributed by atoms with van der Waals surface area (Å²) < 4.78 is 9.39. The second-order valence-electron chi connectivity index (χ2n) is 3.15. The van der Waals surface area contributed by atoms with Crippen LogP contribution in [0.3, 0.4) is 0 Å². The first-order chi connectivity index (χ1) is 7.54. The van der Waals surface area contributed by atoms with Crippen LogP contribution in [0.1, 0.15) is 16.1 Å². The molecule has 0 fully saturated rings. The lowest BCUT2D eigenvalue weighted by molar-refractivity contribution is -0.140. The number of amides is 1. The van der Waals surface area contributed by atoms with Gasteiger partial charge in [0.2, 0.25) is 0 Å². The largest absolute Gasteiger partial charge is 0.469 e. The van der Waals surface area contributed by atoms with Crippen molar-refractivity contribution >= 4 is 23.5 Å². The standard InChI is InChI=1S/C10H12ClNO4/c1-6-3-7(5-16-6)9(13)12-4-8(11)10(14)15-2/h3,5,8H,4H2,1-2H3,(H,12,13). The second-order valence-corrected chi connectivity index (χ2v) is 3.67. The molecule has 0 saturated carbocycles. The molecule has 1 atom stereocenters. The van der Waals surface area contributed by atoms with Gasteiger partial charge in [0.15, 0.2) is 0 Å². The Bertz CT molecular complexity index is 388. The Morgan fingerprint density at radius 3 is 2.81 bits per heavy atom. The van der Waals surface area contributed by atoms with Crippen molar-refractivity contribution in [2.45, 2.75) is 12.3 Å². The van der Waals surface area contributed by atoms with Gasteiger partial charge in [-0.05, 0) is 13.0 Å². The van der Waals surface area contributed by atoms with Crippen molar-refractivity contribution in [3.63, 3.8) is 0 Å². The van der Waals surface area contributed by atoms with E-state index < -0.39 is 11.3 Å². The SMILES string of the molecule is COC(=O)C(Cl)CNC(=O)c1coc(C)c1. The predicted molar refractivity (Wildman–Crippen MR) is 57.4 cm³/mol. The molecule has 1 heterocycles. The predicted octanol–water partition coefficient (Wildman–Crippen LogP) is 1.10. The molecule has 1 aromatic rings. The van der Waals surface area contributed by atoms with E-state index >= 15 is 0 Å². The minimum atomic E-state index is -0.887. The average Bonchev–Trinajstić information content (AvgIpc) is 2.71. The fourth-order valence-electron chi connectivity index (χ4n) is 1.06. The van der Waals surface area contributed by atoms with Crippen molar-refractivity contribution in [3.8, 4) is 0 Å². The van der Waals surface area contributed by atoms with Gasteiger partial charge in [0.05, 0.1) is 12.7 Å². The van der Waals surface area contributed by atoms with Gasteiger partial charge in [-0.15, -0.1) is 11.6 Å². The van der Waals surface area contributed by atoms with Crippen LogP contribution in [-0.4, -0.2) is 30.9 Å². The number of carbonyl (C=O) groups is 2. The van der Waals surface area contributed by atoms with Gasteiger partial charge >= 0.3 is 5.97 Å². The summed E-state index contributed by atoms with van der Waals surface area (Å²) in [6.45, 7) is 1.74. The van der Waals surface area contributed by atoms with Gasteiger partial charge in [-0.1, -0.05) is 0 Å². The van der Waals surface area contributed by atoms with E-state index in [4.69, 9.17) is 16.0 Å². The molecule has 5 nitrogen and oxygen atoms in total. The maximum absolute atomic E-state index is 11.5. The van der Waals surface area contributed by atoms with Crippen molar-refractivity contribution in [2.24, 2.45) is 0 Å². The molecule has 0 aliphatic heterocycles. The Labute approximate surface area is 97.7 Å². The van der Waals surface area contributed by atoms with Crippen LogP contribution in [0.5, 0.6) is 0 Å². The minimum absolute atomic E-state index is 0.0112. The van der Waals surface area contributed by atoms with E-state index in [0.717, 1.165) is 0 Å². The van der Waals surface area contributed by atoms with E-state index in [1.54, 1.807) is 13.0 Å². The lowest BCUT2D eigenvalue weighted by Gasteiger charge is -2.07. The zero-order valence-corrected chi connectivity index (χ0v) is 9.71. The quantitative estimate of drug-likeness (QED) is 0.637. The normalized spacial score (nSPS) is 11.9. The van der Waals surface area contributed by atoms with Gasteiger partial charge in [0.25, 0.3) is 5.91 Å². The van der Waals surface area contributed by atoms with Gasteiger partial charge in [0.1, 0.15) is 17.4 Å². The highest BCUT2D eigenvalue weighted by molar-refractivity contribution is 6.30. The molecule has 1 N–H and O–H groups in total. The number of esters is 1. The molecule has 0 radical (unpaired) electrons. The van der Waals surface area contributed by atoms with Gasteiger partial charge in [-0.3, -0.25) is 9.59 Å². The Hall–Kier alpha value is -1.49. The lowest BCUT2D eigenvalue weighted by atomic mass is 10.3. The second kappa shape index (κ2) is 5.55. The molecule has 1 unspecified atom stereocenters. The first-order valence-electron chi connectivity index (χ1n) is 4.60. The third-order valence-corrected chi connectivity index (χ3v) is 2.22. The number of aryl methyl sites for hydroxylation is 1. The Morgan fingerprint density at radius 1 is 1.62 bits per heavy atom. The van der Waals surface area contributed by atoms with E-state index in [2.05, 4.69) is 10.1 Å². The molecule has 0 aliphatic carbocycles. The van der Waals surface area contributed by atoms with Crippen LogP contribution in [0.25, 0.3) is 0 Å². The highest BCUT2D eigenvalue weighted by Gasteiger charge is 2.17. The van der Waals surface area contributed by atoms with Gasteiger partial charge in [-0.2, -0.15) is 0 Å². The molecular weight excluding hydrogens is 234 g/mol. The number of methoxy groups -OCH3 is 1. The van der Waals surface area contributed by atoms with Crippen molar-refractivity contribution in [2.75, 3.05) is 13.7 Å². The third-order valence-electron chi connectivity index (χ3n) is 1.89. The summed E-state index contributed by atoms with van der Waals surface area (Å²) in [5, 5.41) is 1.61. The summed E-state index contributed by atoms with van der Waals surface area (Å²) in [6, 6.07) is 1.59. The summed E-state index contributed by atoms with van der Waals surface area (Å²) >= 11 is 5.66. The molecule has 0 spiro atoms. The molecule has 1 amide bonds. The Balaban J connectivity index is 2.44. The summed E-state index contributed by atoms with van der Waals surface area (Å²) in [5.41, 5.74) is 0.395. The third kappa shape index (κ3) is 3.27. The zero-order valence-electron chi connectivity index (χ0n) is 8.95. The van der Waals surface area contributed by atoms with Gasteiger partial charge < -0.3 is 14.5 Å². The van der Waals surface area contributed by atoms with Crippen LogP contribution in [0.2, 0.25) is 0 Å². The monoisotopic (exact) mass is 245 g/mol. The maximum atomic E-state index is 11.5. The van der Waals surface area contributed by atoms with Crippen LogP contribution < -0.4 is 5.32 Å².